The molecule has 3 rings (SSSR count). The zero-order valence-corrected chi connectivity index (χ0v) is 19.3. The lowest BCUT2D eigenvalue weighted by molar-refractivity contribution is -0.384. The third kappa shape index (κ3) is 8.08. The van der Waals surface area contributed by atoms with Gasteiger partial charge in [0.05, 0.1) is 11.5 Å². The molecule has 0 aliphatic heterocycles. The summed E-state index contributed by atoms with van der Waals surface area (Å²) in [5, 5.41) is 10.9. The van der Waals surface area contributed by atoms with Crippen LogP contribution in [0.25, 0.3) is 12.2 Å². The van der Waals surface area contributed by atoms with E-state index in [1.54, 1.807) is 36.4 Å². The predicted molar refractivity (Wildman–Crippen MR) is 134 cm³/mol. The average molecular weight is 472 g/mol. The van der Waals surface area contributed by atoms with Gasteiger partial charge < -0.3 is 9.47 Å². The Kier molecular flexibility index (Phi) is 9.07. The van der Waals surface area contributed by atoms with Gasteiger partial charge in [0.1, 0.15) is 11.5 Å². The summed E-state index contributed by atoms with van der Waals surface area (Å²) >= 11 is 0. The Labute approximate surface area is 203 Å². The lowest BCUT2D eigenvalue weighted by atomic mass is 10.1. The number of hydrogen-bond donors (Lipinski definition) is 0. The highest BCUT2D eigenvalue weighted by Crippen LogP contribution is 2.17. The van der Waals surface area contributed by atoms with E-state index < -0.39 is 10.9 Å². The Morgan fingerprint density at radius 3 is 2.14 bits per heavy atom. The Balaban J connectivity index is 1.52. The highest BCUT2D eigenvalue weighted by molar-refractivity contribution is 6.07. The van der Waals surface area contributed by atoms with E-state index >= 15 is 0 Å². The molecule has 0 aromatic heterocycles. The molecule has 3 aromatic rings. The van der Waals surface area contributed by atoms with Crippen LogP contribution in [0.4, 0.5) is 5.69 Å². The number of nitrogens with zero attached hydrogens (tertiary/aromatic N) is 1. The van der Waals surface area contributed by atoms with Crippen LogP contribution >= 0.6 is 0 Å². The second-order valence-corrected chi connectivity index (χ2v) is 7.60. The standard InChI is InChI=1S/C28H25NO6/c1-2-3-19-34-25-13-7-22(8-14-25)12-18-28(31)35-26-15-9-21(10-16-26)11-17-27(30)23-5-4-6-24(20-23)29(32)33/h4-18,20H,2-3,19H2,1H3/b17-11+,18-12+. The Hall–Kier alpha value is -4.52. The first kappa shape index (κ1) is 25.1. The summed E-state index contributed by atoms with van der Waals surface area (Å²) in [6, 6.07) is 19.6. The molecule has 7 heteroatoms. The van der Waals surface area contributed by atoms with Crippen LogP contribution in [0.15, 0.2) is 84.9 Å². The van der Waals surface area contributed by atoms with Crippen molar-refractivity contribution in [3.63, 3.8) is 0 Å². The molecule has 0 radical (unpaired) electrons. The fourth-order valence-electron chi connectivity index (χ4n) is 3.01. The molecular weight excluding hydrogens is 446 g/mol. The third-order valence-corrected chi connectivity index (χ3v) is 4.93. The Morgan fingerprint density at radius 2 is 1.51 bits per heavy atom. The van der Waals surface area contributed by atoms with E-state index in [0.717, 1.165) is 24.2 Å². The van der Waals surface area contributed by atoms with Crippen LogP contribution in [0.1, 0.15) is 41.3 Å². The zero-order valence-electron chi connectivity index (χ0n) is 19.3. The number of rotatable bonds is 11. The maximum atomic E-state index is 12.3. The van der Waals surface area contributed by atoms with Crippen molar-refractivity contribution < 1.29 is 24.0 Å². The molecule has 0 saturated carbocycles. The van der Waals surface area contributed by atoms with Crippen LogP contribution < -0.4 is 9.47 Å². The average Bonchev–Trinajstić information content (AvgIpc) is 2.88. The van der Waals surface area contributed by atoms with Gasteiger partial charge in [0.2, 0.25) is 0 Å². The number of benzene rings is 3. The molecule has 0 saturated heterocycles. The summed E-state index contributed by atoms with van der Waals surface area (Å²) in [6.07, 6.45) is 8.01. The van der Waals surface area contributed by atoms with Crippen LogP contribution in [0.5, 0.6) is 11.5 Å². The molecule has 35 heavy (non-hydrogen) atoms. The van der Waals surface area contributed by atoms with Crippen LogP contribution in [-0.2, 0) is 4.79 Å². The second kappa shape index (κ2) is 12.6. The van der Waals surface area contributed by atoms with Crippen molar-refractivity contribution in [1.82, 2.24) is 0 Å². The summed E-state index contributed by atoms with van der Waals surface area (Å²) in [5.74, 6) is 0.285. The van der Waals surface area contributed by atoms with Gasteiger partial charge in [-0.05, 0) is 54.0 Å². The van der Waals surface area contributed by atoms with Gasteiger partial charge in [-0.2, -0.15) is 0 Å². The molecule has 0 N–H and O–H groups in total. The number of hydrogen-bond acceptors (Lipinski definition) is 6. The summed E-state index contributed by atoms with van der Waals surface area (Å²) in [5.41, 5.74) is 1.64. The second-order valence-electron chi connectivity index (χ2n) is 7.60. The van der Waals surface area contributed by atoms with Crippen molar-refractivity contribution in [1.29, 1.82) is 0 Å². The van der Waals surface area contributed by atoms with Gasteiger partial charge in [-0.1, -0.05) is 55.8 Å². The van der Waals surface area contributed by atoms with Crippen molar-refractivity contribution >= 4 is 29.6 Å². The summed E-state index contributed by atoms with van der Waals surface area (Å²) in [7, 11) is 0. The van der Waals surface area contributed by atoms with Gasteiger partial charge in [0.25, 0.3) is 5.69 Å². The number of nitro groups is 1. The first-order valence-corrected chi connectivity index (χ1v) is 11.1. The molecule has 3 aromatic carbocycles. The molecule has 0 aliphatic carbocycles. The van der Waals surface area contributed by atoms with Crippen molar-refractivity contribution in [2.75, 3.05) is 6.61 Å². The van der Waals surface area contributed by atoms with Crippen molar-refractivity contribution in [3.8, 4) is 11.5 Å². The highest BCUT2D eigenvalue weighted by Gasteiger charge is 2.09. The smallest absolute Gasteiger partial charge is 0.336 e. The molecule has 0 fully saturated rings. The van der Waals surface area contributed by atoms with E-state index in [9.17, 15) is 19.7 Å². The molecule has 0 heterocycles. The minimum absolute atomic E-state index is 0.141. The number of carbonyl (C=O) groups is 2. The van der Waals surface area contributed by atoms with E-state index in [-0.39, 0.29) is 17.0 Å². The van der Waals surface area contributed by atoms with E-state index in [1.807, 2.05) is 24.3 Å². The van der Waals surface area contributed by atoms with Gasteiger partial charge in [0, 0.05) is 23.8 Å². The lowest BCUT2D eigenvalue weighted by Gasteiger charge is -2.05. The Morgan fingerprint density at radius 1 is 0.886 bits per heavy atom. The topological polar surface area (TPSA) is 95.7 Å². The molecule has 178 valence electrons. The zero-order chi connectivity index (χ0) is 25.0. The number of nitro benzene ring substituents is 1. The number of ketones is 1. The fourth-order valence-corrected chi connectivity index (χ4v) is 3.01. The van der Waals surface area contributed by atoms with E-state index in [0.29, 0.717) is 17.9 Å². The van der Waals surface area contributed by atoms with E-state index in [2.05, 4.69) is 6.92 Å². The minimum Gasteiger partial charge on any atom is -0.494 e. The number of carbonyl (C=O) groups excluding carboxylic acids is 2. The summed E-state index contributed by atoms with van der Waals surface area (Å²) < 4.78 is 10.9. The Bertz CT molecular complexity index is 1230. The largest absolute Gasteiger partial charge is 0.494 e. The highest BCUT2D eigenvalue weighted by atomic mass is 16.6. The maximum absolute atomic E-state index is 12.3. The molecule has 0 atom stereocenters. The fraction of sp³-hybridized carbons (Fsp3) is 0.143. The van der Waals surface area contributed by atoms with Crippen LogP contribution in [0, 0.1) is 10.1 Å². The van der Waals surface area contributed by atoms with E-state index in [4.69, 9.17) is 9.47 Å². The monoisotopic (exact) mass is 471 g/mol. The summed E-state index contributed by atoms with van der Waals surface area (Å²) in [6.45, 7) is 2.79. The molecule has 7 nitrogen and oxygen atoms in total. The molecule has 0 spiro atoms. The first-order chi connectivity index (χ1) is 16.9. The third-order valence-electron chi connectivity index (χ3n) is 4.93. The van der Waals surface area contributed by atoms with Crippen LogP contribution in [-0.4, -0.2) is 23.3 Å². The predicted octanol–water partition coefficient (Wildman–Crippen LogP) is 6.29. The SMILES string of the molecule is CCCCOc1ccc(/C=C/C(=O)Oc2ccc(/C=C/C(=O)c3cccc([N+](=O)[O-])c3)cc2)cc1. The van der Waals surface area contributed by atoms with Gasteiger partial charge in [0.15, 0.2) is 5.78 Å². The van der Waals surface area contributed by atoms with E-state index in [1.165, 1.54) is 36.4 Å². The first-order valence-electron chi connectivity index (χ1n) is 11.1. The van der Waals surface area contributed by atoms with Gasteiger partial charge in [-0.25, -0.2) is 4.79 Å². The van der Waals surface area contributed by atoms with Gasteiger partial charge >= 0.3 is 5.97 Å². The minimum atomic E-state index is -0.546. The van der Waals surface area contributed by atoms with Crippen LogP contribution in [0.2, 0.25) is 0 Å². The number of unbranched alkanes of at least 4 members (excludes halogenated alkanes) is 1. The molecule has 0 unspecified atom stereocenters. The summed E-state index contributed by atoms with van der Waals surface area (Å²) in [4.78, 5) is 34.7. The molecular formula is C28H25NO6. The maximum Gasteiger partial charge on any atom is 0.336 e. The number of esters is 1. The molecule has 0 amide bonds. The van der Waals surface area contributed by atoms with Gasteiger partial charge in [-0.3, -0.25) is 14.9 Å². The number of ether oxygens (including phenoxy) is 2. The van der Waals surface area contributed by atoms with Crippen molar-refractivity contribution in [2.45, 2.75) is 19.8 Å². The van der Waals surface area contributed by atoms with Crippen molar-refractivity contribution in [2.24, 2.45) is 0 Å². The quantitative estimate of drug-likeness (QED) is 0.0620. The molecule has 0 bridgehead atoms. The van der Waals surface area contributed by atoms with Crippen molar-refractivity contribution in [3.05, 3.63) is 112 Å². The lowest BCUT2D eigenvalue weighted by Crippen LogP contribution is -2.03. The number of allylic oxidation sites excluding steroid dienone is 1. The molecule has 0 aliphatic rings. The normalized spacial score (nSPS) is 11.0. The van der Waals surface area contributed by atoms with Gasteiger partial charge in [-0.15, -0.1) is 0 Å². The number of non-ortho nitro benzene ring substituents is 1. The van der Waals surface area contributed by atoms with Crippen LogP contribution in [0.3, 0.4) is 0 Å².